The lowest BCUT2D eigenvalue weighted by Crippen LogP contribution is -2.26. The van der Waals surface area contributed by atoms with Gasteiger partial charge in [-0.25, -0.2) is 9.97 Å². The van der Waals surface area contributed by atoms with Gasteiger partial charge in [0.1, 0.15) is 0 Å². The lowest BCUT2D eigenvalue weighted by atomic mass is 10.0. The first kappa shape index (κ1) is 10.6. The summed E-state index contributed by atoms with van der Waals surface area (Å²) >= 11 is 5.91. The third kappa shape index (κ3) is 2.58. The van der Waals surface area contributed by atoms with Crippen molar-refractivity contribution in [1.29, 1.82) is 0 Å². The second-order valence-corrected chi connectivity index (χ2v) is 4.11. The van der Waals surface area contributed by atoms with Crippen LogP contribution in [0.1, 0.15) is 13.3 Å². The summed E-state index contributed by atoms with van der Waals surface area (Å²) in [5.41, 5.74) is 0. The van der Waals surface area contributed by atoms with Crippen molar-refractivity contribution in [2.75, 3.05) is 18.5 Å². The Kier molecular flexibility index (Phi) is 3.38. The quantitative estimate of drug-likeness (QED) is 0.858. The van der Waals surface area contributed by atoms with Gasteiger partial charge in [0.25, 0.3) is 0 Å². The molecule has 1 aromatic heterocycles. The van der Waals surface area contributed by atoms with Crippen LogP contribution >= 0.6 is 11.6 Å². The highest BCUT2D eigenvalue weighted by Crippen LogP contribution is 2.22. The van der Waals surface area contributed by atoms with Crippen molar-refractivity contribution >= 4 is 17.4 Å². The van der Waals surface area contributed by atoms with Crippen molar-refractivity contribution in [2.24, 2.45) is 5.92 Å². The van der Waals surface area contributed by atoms with E-state index in [0.29, 0.717) is 22.9 Å². The smallest absolute Gasteiger partial charge is 0.171 e. The van der Waals surface area contributed by atoms with Gasteiger partial charge in [-0.1, -0.05) is 11.6 Å². The highest BCUT2D eigenvalue weighted by atomic mass is 35.5. The number of nitrogens with zero attached hydrogens (tertiary/aromatic N) is 2. The summed E-state index contributed by atoms with van der Waals surface area (Å²) in [7, 11) is 0. The summed E-state index contributed by atoms with van der Waals surface area (Å²) in [5, 5.41) is 3.69. The summed E-state index contributed by atoms with van der Waals surface area (Å²) in [6.45, 7) is 3.78. The number of ether oxygens (including phenoxy) is 1. The van der Waals surface area contributed by atoms with Gasteiger partial charge in [-0.3, -0.25) is 0 Å². The van der Waals surface area contributed by atoms with Gasteiger partial charge in [0.05, 0.1) is 6.61 Å². The molecule has 1 aromatic rings. The van der Waals surface area contributed by atoms with E-state index in [1.807, 2.05) is 0 Å². The van der Waals surface area contributed by atoms with Crippen LogP contribution in [0.5, 0.6) is 0 Å². The Morgan fingerprint density at radius 3 is 3.00 bits per heavy atom. The lowest BCUT2D eigenvalue weighted by Gasteiger charge is -2.19. The van der Waals surface area contributed by atoms with Gasteiger partial charge in [-0.2, -0.15) is 0 Å². The van der Waals surface area contributed by atoms with Crippen molar-refractivity contribution in [3.05, 3.63) is 17.5 Å². The van der Waals surface area contributed by atoms with E-state index in [9.17, 15) is 0 Å². The molecule has 0 bridgehead atoms. The third-order valence-corrected chi connectivity index (χ3v) is 2.97. The standard InChI is InChI=1S/C10H14ClN3O/c1-7(8-2-5-15-6-8)14-10-9(11)12-3-4-13-10/h3-4,7-8H,2,5-6H2,1H3,(H,13,14). The van der Waals surface area contributed by atoms with E-state index in [4.69, 9.17) is 16.3 Å². The maximum absolute atomic E-state index is 5.91. The molecular weight excluding hydrogens is 214 g/mol. The Bertz CT molecular complexity index is 328. The normalized spacial score (nSPS) is 22.7. The minimum atomic E-state index is 0.307. The van der Waals surface area contributed by atoms with E-state index in [1.54, 1.807) is 12.4 Å². The lowest BCUT2D eigenvalue weighted by molar-refractivity contribution is 0.183. The van der Waals surface area contributed by atoms with Crippen molar-refractivity contribution in [3.63, 3.8) is 0 Å². The van der Waals surface area contributed by atoms with Crippen LogP contribution in [0.15, 0.2) is 12.4 Å². The number of halogens is 1. The predicted octanol–water partition coefficient (Wildman–Crippen LogP) is 1.97. The second kappa shape index (κ2) is 4.77. The van der Waals surface area contributed by atoms with Crippen LogP contribution in [0.2, 0.25) is 5.15 Å². The van der Waals surface area contributed by atoms with Gasteiger partial charge >= 0.3 is 0 Å². The number of rotatable bonds is 3. The molecule has 5 heteroatoms. The van der Waals surface area contributed by atoms with E-state index < -0.39 is 0 Å². The fourth-order valence-electron chi connectivity index (χ4n) is 1.70. The Balaban J connectivity index is 1.99. The molecule has 0 aliphatic carbocycles. The van der Waals surface area contributed by atoms with E-state index in [-0.39, 0.29) is 0 Å². The molecule has 1 aliphatic heterocycles. The van der Waals surface area contributed by atoms with Crippen molar-refractivity contribution in [2.45, 2.75) is 19.4 Å². The Morgan fingerprint density at radius 2 is 2.33 bits per heavy atom. The Hall–Kier alpha value is -0.870. The molecule has 0 spiro atoms. The molecule has 0 saturated carbocycles. The minimum Gasteiger partial charge on any atom is -0.381 e. The molecule has 1 N–H and O–H groups in total. The van der Waals surface area contributed by atoms with Crippen LogP contribution in [0.25, 0.3) is 0 Å². The van der Waals surface area contributed by atoms with Gasteiger partial charge in [0.2, 0.25) is 0 Å². The zero-order valence-corrected chi connectivity index (χ0v) is 9.37. The van der Waals surface area contributed by atoms with Crippen LogP contribution in [0, 0.1) is 5.92 Å². The number of hydrogen-bond acceptors (Lipinski definition) is 4. The fraction of sp³-hybridized carbons (Fsp3) is 0.600. The fourth-order valence-corrected chi connectivity index (χ4v) is 1.86. The van der Waals surface area contributed by atoms with Crippen LogP contribution < -0.4 is 5.32 Å². The first-order valence-corrected chi connectivity index (χ1v) is 5.46. The van der Waals surface area contributed by atoms with Crippen LogP contribution in [-0.2, 0) is 4.74 Å². The molecule has 1 saturated heterocycles. The first-order chi connectivity index (χ1) is 7.27. The molecule has 0 radical (unpaired) electrons. The predicted molar refractivity (Wildman–Crippen MR) is 59.1 cm³/mol. The minimum absolute atomic E-state index is 0.307. The Labute approximate surface area is 94.0 Å². The molecule has 15 heavy (non-hydrogen) atoms. The summed E-state index contributed by atoms with van der Waals surface area (Å²) in [6, 6.07) is 0.307. The summed E-state index contributed by atoms with van der Waals surface area (Å²) in [6.07, 6.45) is 4.30. The Morgan fingerprint density at radius 1 is 1.53 bits per heavy atom. The zero-order chi connectivity index (χ0) is 10.7. The highest BCUT2D eigenvalue weighted by Gasteiger charge is 2.22. The SMILES string of the molecule is CC(Nc1nccnc1Cl)C1CCOC1. The average Bonchev–Trinajstić information content (AvgIpc) is 2.74. The molecule has 2 heterocycles. The largest absolute Gasteiger partial charge is 0.381 e. The molecule has 82 valence electrons. The van der Waals surface area contributed by atoms with Crippen molar-refractivity contribution in [3.8, 4) is 0 Å². The van der Waals surface area contributed by atoms with Gasteiger partial charge in [-0.15, -0.1) is 0 Å². The molecule has 0 amide bonds. The maximum atomic E-state index is 5.91. The van der Waals surface area contributed by atoms with Gasteiger partial charge < -0.3 is 10.1 Å². The summed E-state index contributed by atoms with van der Waals surface area (Å²) in [5.74, 6) is 1.18. The number of aromatic nitrogens is 2. The number of hydrogen-bond donors (Lipinski definition) is 1. The van der Waals surface area contributed by atoms with E-state index in [0.717, 1.165) is 19.6 Å². The van der Waals surface area contributed by atoms with E-state index >= 15 is 0 Å². The first-order valence-electron chi connectivity index (χ1n) is 5.08. The van der Waals surface area contributed by atoms with Crippen molar-refractivity contribution < 1.29 is 4.74 Å². The molecular formula is C10H14ClN3O. The van der Waals surface area contributed by atoms with Gasteiger partial charge in [0.15, 0.2) is 11.0 Å². The van der Waals surface area contributed by atoms with Crippen LogP contribution in [-0.4, -0.2) is 29.2 Å². The number of nitrogens with one attached hydrogen (secondary N) is 1. The molecule has 1 aliphatic rings. The van der Waals surface area contributed by atoms with E-state index in [1.165, 1.54) is 0 Å². The highest BCUT2D eigenvalue weighted by molar-refractivity contribution is 6.31. The van der Waals surface area contributed by atoms with Crippen LogP contribution in [0.3, 0.4) is 0 Å². The van der Waals surface area contributed by atoms with Crippen molar-refractivity contribution in [1.82, 2.24) is 9.97 Å². The van der Waals surface area contributed by atoms with E-state index in [2.05, 4.69) is 22.2 Å². The molecule has 4 nitrogen and oxygen atoms in total. The van der Waals surface area contributed by atoms with Gasteiger partial charge in [-0.05, 0) is 13.3 Å². The molecule has 0 aromatic carbocycles. The average molecular weight is 228 g/mol. The number of anilines is 1. The third-order valence-electron chi connectivity index (χ3n) is 2.69. The summed E-state index contributed by atoms with van der Waals surface area (Å²) < 4.78 is 5.34. The van der Waals surface area contributed by atoms with Crippen LogP contribution in [0.4, 0.5) is 5.82 Å². The molecule has 1 fully saturated rings. The molecule has 2 atom stereocenters. The monoisotopic (exact) mass is 227 g/mol. The molecule has 2 unspecified atom stereocenters. The molecule has 2 rings (SSSR count). The second-order valence-electron chi connectivity index (χ2n) is 3.75. The zero-order valence-electron chi connectivity index (χ0n) is 8.61. The van der Waals surface area contributed by atoms with Gasteiger partial charge in [0, 0.05) is 31.0 Å². The maximum Gasteiger partial charge on any atom is 0.171 e. The topological polar surface area (TPSA) is 47.0 Å². The summed E-state index contributed by atoms with van der Waals surface area (Å²) in [4.78, 5) is 8.11.